The van der Waals surface area contributed by atoms with Crippen LogP contribution >= 0.6 is 0 Å². The number of aromatic nitrogens is 3. The highest BCUT2D eigenvalue weighted by Crippen LogP contribution is 2.35. The van der Waals surface area contributed by atoms with Crippen LogP contribution in [0, 0.1) is 0 Å². The Morgan fingerprint density at radius 1 is 1.34 bits per heavy atom. The molecule has 1 aliphatic rings. The number of amides is 1. The number of alkyl carbamates (subject to hydrolysis) is 1. The van der Waals surface area contributed by atoms with E-state index < -0.39 is 29.7 Å². The number of alkyl halides is 2. The van der Waals surface area contributed by atoms with E-state index in [1.807, 2.05) is 0 Å². The van der Waals surface area contributed by atoms with Gasteiger partial charge in [0.05, 0.1) is 17.8 Å². The first-order chi connectivity index (χ1) is 13.5. The van der Waals surface area contributed by atoms with Gasteiger partial charge in [-0.05, 0) is 46.6 Å². The molecule has 2 aromatic rings. The van der Waals surface area contributed by atoms with Crippen molar-refractivity contribution in [3.63, 3.8) is 0 Å². The van der Waals surface area contributed by atoms with Crippen LogP contribution in [-0.2, 0) is 4.74 Å². The van der Waals surface area contributed by atoms with Crippen LogP contribution in [0.2, 0.25) is 0 Å². The first-order valence-corrected chi connectivity index (χ1v) is 9.45. The second-order valence-corrected chi connectivity index (χ2v) is 8.22. The highest BCUT2D eigenvalue weighted by Gasteiger charge is 2.48. The fourth-order valence-electron chi connectivity index (χ4n) is 3.36. The Morgan fingerprint density at radius 3 is 2.72 bits per heavy atom. The van der Waals surface area contributed by atoms with Gasteiger partial charge >= 0.3 is 6.09 Å². The van der Waals surface area contributed by atoms with Crippen molar-refractivity contribution in [2.24, 2.45) is 0 Å². The number of nitrogens with zero attached hydrogens (tertiary/aromatic N) is 3. The fraction of sp³-hybridized carbons (Fsp3) is 0.579. The molecule has 1 fully saturated rings. The number of ketones is 1. The number of halogens is 2. The molecule has 2 N–H and O–H groups in total. The Kier molecular flexibility index (Phi) is 5.46. The summed E-state index contributed by atoms with van der Waals surface area (Å²) in [6.45, 7) is 6.40. The molecule has 8 nitrogen and oxygen atoms in total. The molecule has 2 aromatic heterocycles. The van der Waals surface area contributed by atoms with E-state index in [0.29, 0.717) is 29.9 Å². The maximum atomic E-state index is 14.6. The van der Waals surface area contributed by atoms with Gasteiger partial charge in [-0.3, -0.25) is 4.79 Å². The molecule has 0 aliphatic heterocycles. The molecule has 29 heavy (non-hydrogen) atoms. The van der Waals surface area contributed by atoms with Gasteiger partial charge in [-0.25, -0.2) is 23.1 Å². The van der Waals surface area contributed by atoms with Gasteiger partial charge in [0.25, 0.3) is 5.92 Å². The first kappa shape index (κ1) is 20.9. The summed E-state index contributed by atoms with van der Waals surface area (Å²) in [5.74, 6) is -2.98. The third-order valence-corrected chi connectivity index (χ3v) is 4.64. The van der Waals surface area contributed by atoms with Crippen molar-refractivity contribution in [3.8, 4) is 0 Å². The van der Waals surface area contributed by atoms with E-state index >= 15 is 0 Å². The topological polar surface area (TPSA) is 97.6 Å². The minimum Gasteiger partial charge on any atom is -0.444 e. The Bertz CT molecular complexity index is 922. The molecule has 0 radical (unpaired) electrons. The van der Waals surface area contributed by atoms with Gasteiger partial charge in [0, 0.05) is 12.6 Å². The van der Waals surface area contributed by atoms with E-state index in [1.165, 1.54) is 17.6 Å². The molecule has 2 heterocycles. The van der Waals surface area contributed by atoms with Crippen LogP contribution in [0.1, 0.15) is 57.3 Å². The summed E-state index contributed by atoms with van der Waals surface area (Å²) in [4.78, 5) is 28.2. The van der Waals surface area contributed by atoms with E-state index in [9.17, 15) is 18.4 Å². The molecule has 2 atom stereocenters. The highest BCUT2D eigenvalue weighted by molar-refractivity contribution is 5.99. The summed E-state index contributed by atoms with van der Waals surface area (Å²) in [5.41, 5.74) is -0.123. The highest BCUT2D eigenvalue weighted by atomic mass is 19.3. The van der Waals surface area contributed by atoms with Crippen molar-refractivity contribution in [2.75, 3.05) is 5.32 Å². The van der Waals surface area contributed by atoms with E-state index in [-0.39, 0.29) is 12.2 Å². The fourth-order valence-corrected chi connectivity index (χ4v) is 3.36. The second kappa shape index (κ2) is 7.57. The zero-order chi connectivity index (χ0) is 21.4. The maximum absolute atomic E-state index is 14.6. The molecule has 0 saturated heterocycles. The molecule has 0 aromatic carbocycles. The number of hydrogen-bond donors (Lipinski definition) is 2. The van der Waals surface area contributed by atoms with E-state index in [1.54, 1.807) is 33.0 Å². The number of fused-ring (bicyclic) bond motifs is 1. The van der Waals surface area contributed by atoms with Crippen LogP contribution in [0.5, 0.6) is 0 Å². The lowest BCUT2D eigenvalue weighted by atomic mass is 9.87. The summed E-state index contributed by atoms with van der Waals surface area (Å²) < 4.78 is 35.8. The number of ether oxygens (including phenoxy) is 1. The van der Waals surface area contributed by atoms with E-state index in [4.69, 9.17) is 4.74 Å². The van der Waals surface area contributed by atoms with Gasteiger partial charge in [-0.15, -0.1) is 0 Å². The van der Waals surface area contributed by atoms with Crippen LogP contribution in [-0.4, -0.2) is 50.1 Å². The van der Waals surface area contributed by atoms with Crippen LogP contribution in [0.3, 0.4) is 0 Å². The molecule has 10 heteroatoms. The zero-order valence-electron chi connectivity index (χ0n) is 16.8. The van der Waals surface area contributed by atoms with Crippen molar-refractivity contribution in [3.05, 3.63) is 24.0 Å². The molecule has 158 valence electrons. The third-order valence-electron chi connectivity index (χ3n) is 4.64. The lowest BCUT2D eigenvalue weighted by molar-refractivity contribution is -0.0691. The number of Topliss-reactive ketones (excluding diaryl/α,β-unsaturated/α-hetero) is 1. The Hall–Kier alpha value is -2.78. The zero-order valence-corrected chi connectivity index (χ0v) is 16.8. The van der Waals surface area contributed by atoms with Crippen molar-refractivity contribution in [1.29, 1.82) is 0 Å². The normalized spacial score (nSPS) is 21.6. The average molecular weight is 409 g/mol. The van der Waals surface area contributed by atoms with Gasteiger partial charge in [-0.2, -0.15) is 5.10 Å². The molecule has 1 amide bonds. The summed E-state index contributed by atoms with van der Waals surface area (Å²) in [7, 11) is 0. The molecule has 0 bridgehead atoms. The van der Waals surface area contributed by atoms with E-state index in [2.05, 4.69) is 20.7 Å². The molecule has 3 rings (SSSR count). The number of rotatable bonds is 4. The van der Waals surface area contributed by atoms with Gasteiger partial charge < -0.3 is 15.4 Å². The smallest absolute Gasteiger partial charge is 0.408 e. The molecule has 1 saturated carbocycles. The van der Waals surface area contributed by atoms with Gasteiger partial charge in [0.1, 0.15) is 17.5 Å². The second-order valence-electron chi connectivity index (χ2n) is 8.22. The summed E-state index contributed by atoms with van der Waals surface area (Å²) in [5, 5.41) is 9.37. The predicted molar refractivity (Wildman–Crippen MR) is 102 cm³/mol. The minimum atomic E-state index is -3.10. The van der Waals surface area contributed by atoms with Gasteiger partial charge in [0.2, 0.25) is 0 Å². The van der Waals surface area contributed by atoms with Crippen LogP contribution in [0.4, 0.5) is 19.4 Å². The lowest BCUT2D eigenvalue weighted by Gasteiger charge is -2.39. The number of nitrogens with one attached hydrogen (secondary N) is 2. The average Bonchev–Trinajstić information content (AvgIpc) is 2.99. The number of anilines is 1. The maximum Gasteiger partial charge on any atom is 0.408 e. The monoisotopic (exact) mass is 409 g/mol. The van der Waals surface area contributed by atoms with Gasteiger partial charge in [0.15, 0.2) is 11.4 Å². The van der Waals surface area contributed by atoms with Crippen LogP contribution in [0.15, 0.2) is 18.5 Å². The van der Waals surface area contributed by atoms with Crippen LogP contribution in [0.25, 0.3) is 5.65 Å². The van der Waals surface area contributed by atoms with Crippen molar-refractivity contribution >= 4 is 23.3 Å². The van der Waals surface area contributed by atoms with E-state index in [0.717, 1.165) is 0 Å². The predicted octanol–water partition coefficient (Wildman–Crippen LogP) is 3.42. The first-order valence-electron chi connectivity index (χ1n) is 9.45. The van der Waals surface area contributed by atoms with Crippen molar-refractivity contribution in [2.45, 2.75) is 70.6 Å². The number of carbonyl (C=O) groups excluding carboxylic acids is 2. The number of carbonyl (C=O) groups is 2. The Balaban J connectivity index is 1.83. The third kappa shape index (κ3) is 4.80. The molecule has 1 aliphatic carbocycles. The summed E-state index contributed by atoms with van der Waals surface area (Å²) in [6, 6.07) is -0.632. The van der Waals surface area contributed by atoms with Crippen molar-refractivity contribution in [1.82, 2.24) is 19.9 Å². The molecule has 0 unspecified atom stereocenters. The SMILES string of the molecule is CC(=O)c1cnn2ccc(N[C@@H]3CCCC(F)(F)[C@@H]3NC(=O)OC(C)(C)C)nc12. The van der Waals surface area contributed by atoms with Gasteiger partial charge in [-0.1, -0.05) is 0 Å². The quantitative estimate of drug-likeness (QED) is 0.751. The Labute approximate surface area is 167 Å². The molecule has 0 spiro atoms. The van der Waals surface area contributed by atoms with Crippen LogP contribution < -0.4 is 10.6 Å². The standard InChI is InChI=1S/C19H25F2N5O3/c1-11(27)12-10-22-26-9-7-14(24-16(12)26)23-13-6-5-8-19(20,21)15(13)25-17(28)29-18(2,3)4/h7,9-10,13,15H,5-6,8H2,1-4H3,(H,23,24)(H,25,28)/t13-,15-/m1/s1. The molecular weight excluding hydrogens is 384 g/mol. The largest absolute Gasteiger partial charge is 0.444 e. The van der Waals surface area contributed by atoms with Crippen molar-refractivity contribution < 1.29 is 23.1 Å². The number of hydrogen-bond acceptors (Lipinski definition) is 6. The Morgan fingerprint density at radius 2 is 2.07 bits per heavy atom. The lowest BCUT2D eigenvalue weighted by Crippen LogP contribution is -2.59. The summed E-state index contributed by atoms with van der Waals surface area (Å²) in [6.07, 6.45) is 2.50. The summed E-state index contributed by atoms with van der Waals surface area (Å²) >= 11 is 0. The minimum absolute atomic E-state index is 0.196. The molecular formula is C19H25F2N5O3.